The monoisotopic (exact) mass is 273 g/mol. The summed E-state index contributed by atoms with van der Waals surface area (Å²) in [5.41, 5.74) is 1.98. The first-order valence-corrected chi connectivity index (χ1v) is 7.62. The standard InChI is InChI=1S/C16H23N3O/c1-13-3-2-4-14(18-13)15(20)19-11-7-16(8-12-19)5-9-17-10-6-16/h2-4,17H,5-12H2,1H3. The summed E-state index contributed by atoms with van der Waals surface area (Å²) in [5, 5.41) is 3.43. The van der Waals surface area contributed by atoms with Gasteiger partial charge in [-0.1, -0.05) is 6.07 Å². The summed E-state index contributed by atoms with van der Waals surface area (Å²) in [6, 6.07) is 5.66. The fraction of sp³-hybridized carbons (Fsp3) is 0.625. The number of likely N-dealkylation sites (tertiary alicyclic amines) is 1. The Morgan fingerprint density at radius 1 is 1.20 bits per heavy atom. The first-order chi connectivity index (χ1) is 9.69. The molecule has 2 aliphatic heterocycles. The Kier molecular flexibility index (Phi) is 3.74. The molecule has 3 heterocycles. The summed E-state index contributed by atoms with van der Waals surface area (Å²) < 4.78 is 0. The van der Waals surface area contributed by atoms with E-state index in [-0.39, 0.29) is 5.91 Å². The normalized spacial score (nSPS) is 21.9. The van der Waals surface area contributed by atoms with Crippen molar-refractivity contribution in [3.8, 4) is 0 Å². The predicted octanol–water partition coefficient (Wildman–Crippen LogP) is 2.00. The number of aromatic nitrogens is 1. The second kappa shape index (κ2) is 5.52. The van der Waals surface area contributed by atoms with Crippen molar-refractivity contribution in [2.45, 2.75) is 32.6 Å². The summed E-state index contributed by atoms with van der Waals surface area (Å²) >= 11 is 0. The van der Waals surface area contributed by atoms with Crippen LogP contribution in [0.2, 0.25) is 0 Å². The minimum absolute atomic E-state index is 0.0949. The van der Waals surface area contributed by atoms with E-state index in [0.717, 1.165) is 44.7 Å². The lowest BCUT2D eigenvalue weighted by molar-refractivity contribution is 0.0490. The van der Waals surface area contributed by atoms with Crippen molar-refractivity contribution in [2.24, 2.45) is 5.41 Å². The lowest BCUT2D eigenvalue weighted by atomic mass is 9.71. The molecule has 108 valence electrons. The van der Waals surface area contributed by atoms with Crippen molar-refractivity contribution < 1.29 is 4.79 Å². The van der Waals surface area contributed by atoms with Gasteiger partial charge in [0.2, 0.25) is 0 Å². The minimum Gasteiger partial charge on any atom is -0.337 e. The highest BCUT2D eigenvalue weighted by atomic mass is 16.2. The third kappa shape index (κ3) is 2.70. The number of nitrogens with one attached hydrogen (secondary N) is 1. The van der Waals surface area contributed by atoms with Crippen molar-refractivity contribution in [3.05, 3.63) is 29.6 Å². The van der Waals surface area contributed by atoms with E-state index in [0.29, 0.717) is 11.1 Å². The number of hydrogen-bond donors (Lipinski definition) is 1. The van der Waals surface area contributed by atoms with Crippen LogP contribution in [0.5, 0.6) is 0 Å². The Morgan fingerprint density at radius 2 is 1.90 bits per heavy atom. The van der Waals surface area contributed by atoms with Gasteiger partial charge in [-0.25, -0.2) is 4.98 Å². The summed E-state index contributed by atoms with van der Waals surface area (Å²) in [4.78, 5) is 18.8. The van der Waals surface area contributed by atoms with E-state index in [9.17, 15) is 4.79 Å². The Balaban J connectivity index is 1.64. The third-order valence-corrected chi connectivity index (χ3v) is 4.88. The van der Waals surface area contributed by atoms with Gasteiger partial charge < -0.3 is 10.2 Å². The fourth-order valence-corrected chi connectivity index (χ4v) is 3.47. The van der Waals surface area contributed by atoms with Gasteiger partial charge in [-0.3, -0.25) is 4.79 Å². The molecule has 1 N–H and O–H groups in total. The van der Waals surface area contributed by atoms with Gasteiger partial charge >= 0.3 is 0 Å². The van der Waals surface area contributed by atoms with Crippen LogP contribution < -0.4 is 5.32 Å². The molecule has 0 unspecified atom stereocenters. The highest BCUT2D eigenvalue weighted by Crippen LogP contribution is 2.39. The summed E-state index contributed by atoms with van der Waals surface area (Å²) in [5.74, 6) is 0.0949. The zero-order chi connectivity index (χ0) is 14.0. The number of aryl methyl sites for hydroxylation is 1. The molecule has 1 amide bonds. The molecule has 0 atom stereocenters. The molecule has 2 saturated heterocycles. The molecule has 1 spiro atoms. The third-order valence-electron chi connectivity index (χ3n) is 4.88. The highest BCUT2D eigenvalue weighted by Gasteiger charge is 2.36. The van der Waals surface area contributed by atoms with Gasteiger partial charge in [0, 0.05) is 18.8 Å². The van der Waals surface area contributed by atoms with E-state index in [1.54, 1.807) is 0 Å². The van der Waals surface area contributed by atoms with E-state index in [1.165, 1.54) is 12.8 Å². The molecule has 0 radical (unpaired) electrons. The molecule has 1 aromatic rings. The zero-order valence-electron chi connectivity index (χ0n) is 12.2. The molecule has 4 nitrogen and oxygen atoms in total. The van der Waals surface area contributed by atoms with Crippen LogP contribution in [-0.2, 0) is 0 Å². The van der Waals surface area contributed by atoms with E-state index in [2.05, 4.69) is 10.3 Å². The predicted molar refractivity (Wildman–Crippen MR) is 78.6 cm³/mol. The summed E-state index contributed by atoms with van der Waals surface area (Å²) in [7, 11) is 0. The fourth-order valence-electron chi connectivity index (χ4n) is 3.47. The smallest absolute Gasteiger partial charge is 0.272 e. The van der Waals surface area contributed by atoms with Gasteiger partial charge in [0.1, 0.15) is 5.69 Å². The van der Waals surface area contributed by atoms with E-state index >= 15 is 0 Å². The van der Waals surface area contributed by atoms with Crippen LogP contribution in [0.3, 0.4) is 0 Å². The highest BCUT2D eigenvalue weighted by molar-refractivity contribution is 5.92. The second-order valence-corrected chi connectivity index (χ2v) is 6.21. The van der Waals surface area contributed by atoms with Crippen LogP contribution in [-0.4, -0.2) is 42.0 Å². The number of rotatable bonds is 1. The Labute approximate surface area is 120 Å². The Bertz CT molecular complexity index is 484. The first-order valence-electron chi connectivity index (χ1n) is 7.62. The molecule has 20 heavy (non-hydrogen) atoms. The van der Waals surface area contributed by atoms with Crippen molar-refractivity contribution in [2.75, 3.05) is 26.2 Å². The maximum absolute atomic E-state index is 12.5. The largest absolute Gasteiger partial charge is 0.337 e. The average molecular weight is 273 g/mol. The van der Waals surface area contributed by atoms with Crippen LogP contribution >= 0.6 is 0 Å². The van der Waals surface area contributed by atoms with Crippen molar-refractivity contribution in [1.29, 1.82) is 0 Å². The molecule has 0 saturated carbocycles. The lowest BCUT2D eigenvalue weighted by Gasteiger charge is -2.44. The van der Waals surface area contributed by atoms with Gasteiger partial charge in [-0.2, -0.15) is 0 Å². The zero-order valence-corrected chi connectivity index (χ0v) is 12.2. The van der Waals surface area contributed by atoms with E-state index in [1.807, 2.05) is 30.0 Å². The molecule has 2 aliphatic rings. The molecule has 1 aromatic heterocycles. The quantitative estimate of drug-likeness (QED) is 0.851. The van der Waals surface area contributed by atoms with Crippen LogP contribution in [0.1, 0.15) is 41.9 Å². The molecule has 3 rings (SSSR count). The number of carbonyl (C=O) groups excluding carboxylic acids is 1. The van der Waals surface area contributed by atoms with Crippen LogP contribution in [0.4, 0.5) is 0 Å². The number of piperidine rings is 2. The summed E-state index contributed by atoms with van der Waals surface area (Å²) in [6.45, 7) is 5.96. The van der Waals surface area contributed by atoms with Crippen LogP contribution in [0, 0.1) is 12.3 Å². The van der Waals surface area contributed by atoms with Crippen molar-refractivity contribution >= 4 is 5.91 Å². The number of nitrogens with zero attached hydrogens (tertiary/aromatic N) is 2. The molecule has 0 bridgehead atoms. The topological polar surface area (TPSA) is 45.2 Å². The van der Waals surface area contributed by atoms with Crippen molar-refractivity contribution in [3.63, 3.8) is 0 Å². The molecular formula is C16H23N3O. The molecule has 2 fully saturated rings. The average Bonchev–Trinajstić information content (AvgIpc) is 2.48. The maximum Gasteiger partial charge on any atom is 0.272 e. The van der Waals surface area contributed by atoms with Gasteiger partial charge in [0.15, 0.2) is 0 Å². The van der Waals surface area contributed by atoms with Gasteiger partial charge in [-0.05, 0) is 63.2 Å². The molecular weight excluding hydrogens is 250 g/mol. The van der Waals surface area contributed by atoms with Gasteiger partial charge in [0.05, 0.1) is 0 Å². The van der Waals surface area contributed by atoms with Gasteiger partial charge in [0.25, 0.3) is 5.91 Å². The Hall–Kier alpha value is -1.42. The van der Waals surface area contributed by atoms with Crippen LogP contribution in [0.25, 0.3) is 0 Å². The lowest BCUT2D eigenvalue weighted by Crippen LogP contribution is -2.47. The summed E-state index contributed by atoms with van der Waals surface area (Å²) in [6.07, 6.45) is 4.81. The van der Waals surface area contributed by atoms with Gasteiger partial charge in [-0.15, -0.1) is 0 Å². The molecule has 0 aromatic carbocycles. The molecule has 0 aliphatic carbocycles. The Morgan fingerprint density at radius 3 is 2.55 bits per heavy atom. The minimum atomic E-state index is 0.0949. The number of carbonyl (C=O) groups is 1. The number of amides is 1. The van der Waals surface area contributed by atoms with Crippen LogP contribution in [0.15, 0.2) is 18.2 Å². The van der Waals surface area contributed by atoms with E-state index in [4.69, 9.17) is 0 Å². The second-order valence-electron chi connectivity index (χ2n) is 6.21. The first kappa shape index (κ1) is 13.6. The molecule has 4 heteroatoms. The SMILES string of the molecule is Cc1cccc(C(=O)N2CCC3(CCNCC3)CC2)n1. The van der Waals surface area contributed by atoms with E-state index < -0.39 is 0 Å². The maximum atomic E-state index is 12.5. The number of pyridine rings is 1. The number of hydrogen-bond acceptors (Lipinski definition) is 3. The van der Waals surface area contributed by atoms with Crippen molar-refractivity contribution in [1.82, 2.24) is 15.2 Å².